The van der Waals surface area contributed by atoms with Gasteiger partial charge in [0.15, 0.2) is 0 Å². The molecule has 1 amide bonds. The van der Waals surface area contributed by atoms with Crippen LogP contribution in [0.2, 0.25) is 0 Å². The average molecular weight is 455 g/mol. The van der Waals surface area contributed by atoms with E-state index in [9.17, 15) is 22.4 Å². The van der Waals surface area contributed by atoms with Gasteiger partial charge in [0.2, 0.25) is 11.9 Å². The Bertz CT molecular complexity index is 954. The van der Waals surface area contributed by atoms with Crippen LogP contribution in [0.25, 0.3) is 0 Å². The van der Waals surface area contributed by atoms with E-state index in [1.54, 1.807) is 0 Å². The molecule has 1 aromatic heterocycles. The summed E-state index contributed by atoms with van der Waals surface area (Å²) in [4.78, 5) is 22.3. The van der Waals surface area contributed by atoms with Crippen LogP contribution in [0.1, 0.15) is 37.4 Å². The van der Waals surface area contributed by atoms with E-state index in [2.05, 4.69) is 20.6 Å². The van der Waals surface area contributed by atoms with E-state index in [-0.39, 0.29) is 17.7 Å². The van der Waals surface area contributed by atoms with Gasteiger partial charge in [0, 0.05) is 36.6 Å². The number of piperidine rings is 1. The molecule has 1 atom stereocenters. The van der Waals surface area contributed by atoms with Gasteiger partial charge >= 0.3 is 6.18 Å². The van der Waals surface area contributed by atoms with Gasteiger partial charge in [-0.3, -0.25) is 4.79 Å². The van der Waals surface area contributed by atoms with Crippen LogP contribution in [-0.2, 0) is 17.4 Å². The van der Waals surface area contributed by atoms with Crippen LogP contribution in [-0.4, -0.2) is 46.7 Å². The molecular formula is C21H25F4N5O2. The Balaban J connectivity index is 1.86. The molecular weight excluding hydrogens is 430 g/mol. The Hall–Kier alpha value is -2.95. The van der Waals surface area contributed by atoms with E-state index in [1.165, 1.54) is 6.07 Å². The van der Waals surface area contributed by atoms with Gasteiger partial charge in [-0.05, 0) is 37.5 Å². The lowest BCUT2D eigenvalue weighted by Gasteiger charge is -2.34. The number of aliphatic hydroxyl groups excluding tert-OH is 1. The molecule has 0 aliphatic carbocycles. The fourth-order valence-electron chi connectivity index (χ4n) is 3.61. The van der Waals surface area contributed by atoms with E-state index in [0.717, 1.165) is 25.3 Å². The standard InChI is InChI=1S/C21H25F4N5O2/c1-2-4-13-10-18(30-8-3-5-15(11-30)26-19(32)12-31)29-20(27-13)28-14-6-7-17(22)16(9-14)21(23,24)25/h6-7,9-10,15,31H,2-5,8,11-12H2,1H3,(H,26,32)(H,27,28,29)/t15-/m1/s1. The van der Waals surface area contributed by atoms with Crippen LogP contribution in [0, 0.1) is 5.82 Å². The van der Waals surface area contributed by atoms with Gasteiger partial charge in [-0.25, -0.2) is 9.37 Å². The van der Waals surface area contributed by atoms with Gasteiger partial charge in [0.05, 0.1) is 5.56 Å². The molecule has 0 bridgehead atoms. The minimum Gasteiger partial charge on any atom is -0.387 e. The Kier molecular flexibility index (Phi) is 7.49. The highest BCUT2D eigenvalue weighted by Gasteiger charge is 2.34. The van der Waals surface area contributed by atoms with Crippen LogP contribution in [0.15, 0.2) is 24.3 Å². The molecule has 2 aromatic rings. The summed E-state index contributed by atoms with van der Waals surface area (Å²) in [7, 11) is 0. The number of aromatic nitrogens is 2. The molecule has 1 aliphatic heterocycles. The summed E-state index contributed by atoms with van der Waals surface area (Å²) >= 11 is 0. The first kappa shape index (κ1) is 23.7. The zero-order chi connectivity index (χ0) is 23.3. The molecule has 7 nitrogen and oxygen atoms in total. The van der Waals surface area contributed by atoms with E-state index >= 15 is 0 Å². The summed E-state index contributed by atoms with van der Waals surface area (Å²) in [5.41, 5.74) is -0.643. The predicted molar refractivity (Wildman–Crippen MR) is 111 cm³/mol. The van der Waals surface area contributed by atoms with E-state index in [0.29, 0.717) is 37.1 Å². The maximum atomic E-state index is 13.6. The van der Waals surface area contributed by atoms with Crippen molar-refractivity contribution < 1.29 is 27.5 Å². The van der Waals surface area contributed by atoms with Crippen LogP contribution in [0.4, 0.5) is 35.0 Å². The number of carbonyl (C=O) groups excluding carboxylic acids is 1. The number of amides is 1. The fraction of sp³-hybridized carbons (Fsp3) is 0.476. The molecule has 1 aliphatic rings. The van der Waals surface area contributed by atoms with E-state index in [1.807, 2.05) is 17.9 Å². The number of carbonyl (C=O) groups is 1. The first-order valence-corrected chi connectivity index (χ1v) is 10.4. The maximum Gasteiger partial charge on any atom is 0.419 e. The number of halogens is 4. The van der Waals surface area contributed by atoms with Gasteiger partial charge in [-0.2, -0.15) is 18.2 Å². The smallest absolute Gasteiger partial charge is 0.387 e. The second-order valence-electron chi connectivity index (χ2n) is 7.62. The Morgan fingerprint density at radius 1 is 1.28 bits per heavy atom. The number of benzene rings is 1. The summed E-state index contributed by atoms with van der Waals surface area (Å²) in [6.07, 6.45) is -1.82. The SMILES string of the molecule is CCCc1cc(N2CCC[C@@H](NC(=O)CO)C2)nc(Nc2ccc(F)c(C(F)(F)F)c2)n1. The fourth-order valence-corrected chi connectivity index (χ4v) is 3.61. The minimum atomic E-state index is -4.82. The molecule has 32 heavy (non-hydrogen) atoms. The summed E-state index contributed by atoms with van der Waals surface area (Å²) in [6, 6.07) is 4.29. The number of hydrogen-bond acceptors (Lipinski definition) is 6. The third kappa shape index (κ3) is 6.06. The Morgan fingerprint density at radius 3 is 2.75 bits per heavy atom. The van der Waals surface area contributed by atoms with Gasteiger partial charge in [-0.1, -0.05) is 13.3 Å². The zero-order valence-electron chi connectivity index (χ0n) is 17.5. The first-order valence-electron chi connectivity index (χ1n) is 10.4. The van der Waals surface area contributed by atoms with Crippen LogP contribution < -0.4 is 15.5 Å². The number of nitrogens with one attached hydrogen (secondary N) is 2. The molecule has 1 fully saturated rings. The van der Waals surface area contributed by atoms with Crippen LogP contribution in [0.3, 0.4) is 0 Å². The quantitative estimate of drug-likeness (QED) is 0.555. The summed E-state index contributed by atoms with van der Waals surface area (Å²) in [5.74, 6) is -1.13. The summed E-state index contributed by atoms with van der Waals surface area (Å²) in [5, 5.41) is 14.5. The molecule has 3 N–H and O–H groups in total. The largest absolute Gasteiger partial charge is 0.419 e. The second-order valence-corrected chi connectivity index (χ2v) is 7.62. The van der Waals surface area contributed by atoms with Crippen LogP contribution in [0.5, 0.6) is 0 Å². The maximum absolute atomic E-state index is 13.6. The van der Waals surface area contributed by atoms with Crippen molar-refractivity contribution in [2.45, 2.75) is 44.8 Å². The van der Waals surface area contributed by atoms with Crippen LogP contribution >= 0.6 is 0 Å². The van der Waals surface area contributed by atoms with Gasteiger partial charge < -0.3 is 20.6 Å². The molecule has 3 rings (SSSR count). The van der Waals surface area contributed by atoms with Crippen molar-refractivity contribution in [1.82, 2.24) is 15.3 Å². The molecule has 0 radical (unpaired) electrons. The van der Waals surface area contributed by atoms with Crippen molar-refractivity contribution in [2.24, 2.45) is 0 Å². The Labute approximate surface area is 182 Å². The van der Waals surface area contributed by atoms with Crippen molar-refractivity contribution in [3.63, 3.8) is 0 Å². The average Bonchev–Trinajstić information content (AvgIpc) is 2.74. The van der Waals surface area contributed by atoms with Gasteiger partial charge in [0.1, 0.15) is 18.2 Å². The molecule has 11 heteroatoms. The molecule has 1 saturated heterocycles. The molecule has 0 unspecified atom stereocenters. The molecule has 174 valence electrons. The third-order valence-corrected chi connectivity index (χ3v) is 5.05. The number of anilines is 3. The minimum absolute atomic E-state index is 0.0186. The second kappa shape index (κ2) is 10.1. The highest BCUT2D eigenvalue weighted by atomic mass is 19.4. The summed E-state index contributed by atoms with van der Waals surface area (Å²) in [6.45, 7) is 2.55. The van der Waals surface area contributed by atoms with Crippen molar-refractivity contribution in [3.8, 4) is 0 Å². The molecule has 0 spiro atoms. The lowest BCUT2D eigenvalue weighted by Crippen LogP contribution is -2.48. The normalized spacial score (nSPS) is 16.7. The molecule has 0 saturated carbocycles. The van der Waals surface area contributed by atoms with Crippen molar-refractivity contribution in [3.05, 3.63) is 41.3 Å². The van der Waals surface area contributed by atoms with Crippen molar-refractivity contribution >= 4 is 23.4 Å². The van der Waals surface area contributed by atoms with Gasteiger partial charge in [0.25, 0.3) is 0 Å². The highest BCUT2D eigenvalue weighted by Crippen LogP contribution is 2.33. The van der Waals surface area contributed by atoms with E-state index < -0.39 is 30.1 Å². The molecule has 2 heterocycles. The lowest BCUT2D eigenvalue weighted by molar-refractivity contribution is -0.140. The number of aliphatic hydroxyl groups is 1. The number of hydrogen-bond donors (Lipinski definition) is 3. The number of nitrogens with zero attached hydrogens (tertiary/aromatic N) is 3. The molecule has 1 aromatic carbocycles. The van der Waals surface area contributed by atoms with E-state index in [4.69, 9.17) is 5.11 Å². The monoisotopic (exact) mass is 455 g/mol. The number of alkyl halides is 3. The summed E-state index contributed by atoms with van der Waals surface area (Å²) < 4.78 is 52.7. The highest BCUT2D eigenvalue weighted by molar-refractivity contribution is 5.77. The lowest BCUT2D eigenvalue weighted by atomic mass is 10.1. The Morgan fingerprint density at radius 2 is 2.06 bits per heavy atom. The number of rotatable bonds is 7. The zero-order valence-corrected chi connectivity index (χ0v) is 17.5. The van der Waals surface area contributed by atoms with Crippen molar-refractivity contribution in [2.75, 3.05) is 29.9 Å². The first-order chi connectivity index (χ1) is 15.2. The topological polar surface area (TPSA) is 90.4 Å². The van der Waals surface area contributed by atoms with Crippen molar-refractivity contribution in [1.29, 1.82) is 0 Å². The van der Waals surface area contributed by atoms with Gasteiger partial charge in [-0.15, -0.1) is 0 Å². The third-order valence-electron chi connectivity index (χ3n) is 5.05. The predicted octanol–water partition coefficient (Wildman–Crippen LogP) is 3.41. The number of aryl methyl sites for hydroxylation is 1.